The van der Waals surface area contributed by atoms with Gasteiger partial charge in [-0.25, -0.2) is 0 Å². The summed E-state index contributed by atoms with van der Waals surface area (Å²) in [6, 6.07) is 17.2. The van der Waals surface area contributed by atoms with Crippen LogP contribution in [0.1, 0.15) is 50.9 Å². The van der Waals surface area contributed by atoms with E-state index in [1.165, 1.54) is 0 Å². The first-order valence-corrected chi connectivity index (χ1v) is 11.6. The van der Waals surface area contributed by atoms with Crippen LogP contribution in [-0.2, 0) is 13.6 Å². The normalized spacial score (nSPS) is 12.5. The molecule has 0 heterocycles. The summed E-state index contributed by atoms with van der Waals surface area (Å²) in [6.45, 7) is 4.97. The van der Waals surface area contributed by atoms with Crippen LogP contribution in [0, 0.1) is 0 Å². The van der Waals surface area contributed by atoms with Crippen LogP contribution >= 0.6 is 7.60 Å². The van der Waals surface area contributed by atoms with Crippen molar-refractivity contribution < 1.29 is 18.3 Å². The van der Waals surface area contributed by atoms with Crippen LogP contribution in [-0.4, -0.2) is 20.3 Å². The Labute approximate surface area is 168 Å². The molecule has 0 bridgehead atoms. The average molecular weight is 405 g/mol. The lowest BCUT2D eigenvalue weighted by molar-refractivity contribution is 0.194. The number of methoxy groups -OCH3 is 1. The van der Waals surface area contributed by atoms with Gasteiger partial charge in [0.05, 0.1) is 20.3 Å². The minimum absolute atomic E-state index is 0.406. The van der Waals surface area contributed by atoms with Gasteiger partial charge in [-0.1, -0.05) is 57.0 Å². The van der Waals surface area contributed by atoms with Gasteiger partial charge in [0, 0.05) is 5.69 Å². The van der Waals surface area contributed by atoms with Crippen molar-refractivity contribution in [1.82, 2.24) is 0 Å². The molecule has 1 atom stereocenters. The Balaban J connectivity index is 2.35. The summed E-state index contributed by atoms with van der Waals surface area (Å²) >= 11 is 0. The molecule has 0 amide bonds. The van der Waals surface area contributed by atoms with E-state index < -0.39 is 13.4 Å². The van der Waals surface area contributed by atoms with Gasteiger partial charge in [0.2, 0.25) is 0 Å². The van der Waals surface area contributed by atoms with Crippen LogP contribution < -0.4 is 10.1 Å². The molecule has 0 unspecified atom stereocenters. The molecule has 0 aliphatic carbocycles. The molecular weight excluding hydrogens is 373 g/mol. The van der Waals surface area contributed by atoms with Gasteiger partial charge in [0.1, 0.15) is 5.75 Å². The van der Waals surface area contributed by atoms with Crippen molar-refractivity contribution in [2.24, 2.45) is 0 Å². The number of rotatable bonds is 13. The molecule has 2 rings (SSSR count). The standard InChI is InChI=1S/C22H32NO4P/c1-4-6-17-26-28(24,27-18-7-5-2)22(23-20-11-9-8-10-12-20)19-13-15-21(25-3)16-14-19/h8-16,22-23H,4-7,17-18H2,1-3H3/t22-/m1/s1. The Hall–Kier alpha value is -1.81. The van der Waals surface area contributed by atoms with Crippen LogP contribution in [0.15, 0.2) is 54.6 Å². The Kier molecular flexibility index (Phi) is 9.56. The van der Waals surface area contributed by atoms with Crippen LogP contribution in [0.5, 0.6) is 5.75 Å². The van der Waals surface area contributed by atoms with Gasteiger partial charge in [-0.05, 0) is 42.7 Å². The molecule has 0 spiro atoms. The SMILES string of the molecule is CCCCOP(=O)(OCCCC)[C@@H](Nc1ccccc1)c1ccc(OC)cc1. The van der Waals surface area contributed by atoms with Crippen LogP contribution in [0.4, 0.5) is 5.69 Å². The van der Waals surface area contributed by atoms with E-state index in [9.17, 15) is 4.57 Å². The highest BCUT2D eigenvalue weighted by molar-refractivity contribution is 7.54. The van der Waals surface area contributed by atoms with Crippen molar-refractivity contribution >= 4 is 13.3 Å². The molecule has 0 aromatic heterocycles. The van der Waals surface area contributed by atoms with Gasteiger partial charge in [-0.15, -0.1) is 0 Å². The van der Waals surface area contributed by atoms with Crippen molar-refractivity contribution in [3.63, 3.8) is 0 Å². The molecule has 0 saturated carbocycles. The topological polar surface area (TPSA) is 56.8 Å². The van der Waals surface area contributed by atoms with Gasteiger partial charge in [0.15, 0.2) is 5.78 Å². The Bertz CT molecular complexity index is 707. The van der Waals surface area contributed by atoms with Crippen molar-refractivity contribution in [2.75, 3.05) is 25.6 Å². The maximum Gasteiger partial charge on any atom is 0.357 e. The molecule has 0 radical (unpaired) electrons. The third-order valence-corrected chi connectivity index (χ3v) is 6.51. The van der Waals surface area contributed by atoms with Crippen LogP contribution in [0.2, 0.25) is 0 Å². The van der Waals surface area contributed by atoms with Gasteiger partial charge >= 0.3 is 7.60 Å². The molecular formula is C22H32NO4P. The Morgan fingerprint density at radius 2 is 1.46 bits per heavy atom. The predicted molar refractivity (Wildman–Crippen MR) is 115 cm³/mol. The van der Waals surface area contributed by atoms with Crippen molar-refractivity contribution in [3.8, 4) is 5.75 Å². The van der Waals surface area contributed by atoms with Crippen LogP contribution in [0.25, 0.3) is 0 Å². The maximum atomic E-state index is 13.9. The van der Waals surface area contributed by atoms with E-state index in [4.69, 9.17) is 13.8 Å². The molecule has 0 saturated heterocycles. The number of ether oxygens (including phenoxy) is 1. The first-order chi connectivity index (χ1) is 13.6. The lowest BCUT2D eigenvalue weighted by Crippen LogP contribution is -2.16. The Morgan fingerprint density at radius 3 is 1.96 bits per heavy atom. The fourth-order valence-corrected chi connectivity index (χ4v) is 4.67. The highest BCUT2D eigenvalue weighted by Gasteiger charge is 2.37. The molecule has 5 nitrogen and oxygen atoms in total. The van der Waals surface area contributed by atoms with Crippen molar-refractivity contribution in [2.45, 2.75) is 45.3 Å². The summed E-state index contributed by atoms with van der Waals surface area (Å²) in [5.41, 5.74) is 1.70. The number of para-hydroxylation sites is 1. The second-order valence-corrected chi connectivity index (χ2v) is 8.71. The average Bonchev–Trinajstić information content (AvgIpc) is 2.73. The minimum atomic E-state index is -3.45. The zero-order chi connectivity index (χ0) is 20.2. The van der Waals surface area contributed by atoms with E-state index in [-0.39, 0.29) is 0 Å². The highest BCUT2D eigenvalue weighted by Crippen LogP contribution is 2.61. The fraction of sp³-hybridized carbons (Fsp3) is 0.455. The first-order valence-electron chi connectivity index (χ1n) is 9.97. The third-order valence-electron chi connectivity index (χ3n) is 4.36. The quantitative estimate of drug-likeness (QED) is 0.299. The molecule has 0 aliphatic heterocycles. The van der Waals surface area contributed by atoms with E-state index in [2.05, 4.69) is 19.2 Å². The number of nitrogens with one attached hydrogen (secondary N) is 1. The van der Waals surface area contributed by atoms with Gasteiger partial charge in [-0.2, -0.15) is 0 Å². The molecule has 2 aromatic carbocycles. The molecule has 2 aromatic rings. The molecule has 154 valence electrons. The lowest BCUT2D eigenvalue weighted by Gasteiger charge is -2.29. The third kappa shape index (κ3) is 6.66. The molecule has 1 N–H and O–H groups in total. The van der Waals surface area contributed by atoms with Gasteiger partial charge < -0.3 is 19.1 Å². The Morgan fingerprint density at radius 1 is 0.893 bits per heavy atom. The summed E-state index contributed by atoms with van der Waals surface area (Å²) in [7, 11) is -1.83. The zero-order valence-corrected chi connectivity index (χ0v) is 18.0. The number of anilines is 1. The smallest absolute Gasteiger partial charge is 0.357 e. The zero-order valence-electron chi connectivity index (χ0n) is 17.1. The van der Waals surface area contributed by atoms with E-state index in [0.717, 1.165) is 42.7 Å². The predicted octanol–water partition coefficient (Wildman–Crippen LogP) is 6.63. The molecule has 28 heavy (non-hydrogen) atoms. The summed E-state index contributed by atoms with van der Waals surface area (Å²) in [6.07, 6.45) is 3.60. The lowest BCUT2D eigenvalue weighted by atomic mass is 10.2. The maximum absolute atomic E-state index is 13.9. The van der Waals surface area contributed by atoms with Crippen molar-refractivity contribution in [3.05, 3.63) is 60.2 Å². The fourth-order valence-electron chi connectivity index (χ4n) is 2.68. The number of hydrogen-bond acceptors (Lipinski definition) is 5. The summed E-state index contributed by atoms with van der Waals surface area (Å²) in [5.74, 6) is 0.144. The summed E-state index contributed by atoms with van der Waals surface area (Å²) < 4.78 is 30.9. The van der Waals surface area contributed by atoms with E-state index in [1.807, 2.05) is 54.6 Å². The van der Waals surface area contributed by atoms with Gasteiger partial charge in [0.25, 0.3) is 0 Å². The number of unbranched alkanes of at least 4 members (excludes halogenated alkanes) is 2. The van der Waals surface area contributed by atoms with E-state index in [1.54, 1.807) is 7.11 Å². The molecule has 0 aliphatic rings. The largest absolute Gasteiger partial charge is 0.497 e. The number of benzene rings is 2. The van der Waals surface area contributed by atoms with Gasteiger partial charge in [-0.3, -0.25) is 4.57 Å². The summed E-state index contributed by atoms with van der Waals surface area (Å²) in [5, 5.41) is 3.37. The monoisotopic (exact) mass is 405 g/mol. The first kappa shape index (κ1) is 22.5. The molecule has 0 fully saturated rings. The second kappa shape index (κ2) is 11.9. The minimum Gasteiger partial charge on any atom is -0.497 e. The van der Waals surface area contributed by atoms with Crippen LogP contribution in [0.3, 0.4) is 0 Å². The van der Waals surface area contributed by atoms with E-state index >= 15 is 0 Å². The highest BCUT2D eigenvalue weighted by atomic mass is 31.2. The molecule has 6 heteroatoms. The van der Waals surface area contributed by atoms with E-state index in [0.29, 0.717) is 13.2 Å². The second-order valence-electron chi connectivity index (χ2n) is 6.60. The number of hydrogen-bond donors (Lipinski definition) is 1. The summed E-state index contributed by atoms with van der Waals surface area (Å²) in [4.78, 5) is 0. The van der Waals surface area contributed by atoms with Crippen molar-refractivity contribution in [1.29, 1.82) is 0 Å².